The van der Waals surface area contributed by atoms with Crippen LogP contribution in [-0.2, 0) is 0 Å². The van der Waals surface area contributed by atoms with Crippen LogP contribution in [0.15, 0.2) is 0 Å². The van der Waals surface area contributed by atoms with E-state index in [0.29, 0.717) is 55.3 Å². The highest BCUT2D eigenvalue weighted by atomic mass is 19.4. The van der Waals surface area contributed by atoms with Crippen LogP contribution in [0.5, 0.6) is 0 Å². The van der Waals surface area contributed by atoms with Crippen molar-refractivity contribution in [3.05, 3.63) is 0 Å². The van der Waals surface area contributed by atoms with Crippen molar-refractivity contribution in [3.8, 4) is 0 Å². The van der Waals surface area contributed by atoms with Crippen LogP contribution in [-0.4, -0.2) is 60.7 Å². The van der Waals surface area contributed by atoms with Gasteiger partial charge in [0.15, 0.2) is 0 Å². The summed E-state index contributed by atoms with van der Waals surface area (Å²) in [5, 5.41) is 18.6. The number of rotatable bonds is 14. The first-order valence-corrected chi connectivity index (χ1v) is 18.0. The van der Waals surface area contributed by atoms with Crippen LogP contribution in [0.3, 0.4) is 0 Å². The van der Waals surface area contributed by atoms with Gasteiger partial charge in [0.2, 0.25) is 0 Å². The molecular formula is C35H64F3N3O. The highest BCUT2D eigenvalue weighted by Gasteiger charge is 2.48. The number of nitrogens with zero attached hydrogens (tertiary/aromatic N) is 1. The molecule has 0 bridgehead atoms. The average molecular weight is 600 g/mol. The van der Waals surface area contributed by atoms with Crippen molar-refractivity contribution in [3.63, 3.8) is 0 Å². The van der Waals surface area contributed by atoms with Crippen molar-refractivity contribution in [2.45, 2.75) is 148 Å². The first-order valence-electron chi connectivity index (χ1n) is 18.0. The molecule has 0 amide bonds. The van der Waals surface area contributed by atoms with Crippen molar-refractivity contribution in [2.24, 2.45) is 47.3 Å². The Labute approximate surface area is 255 Å². The SMILES string of the molecule is CCCC(CCNCC1CCC(CC(O)C2CCC(C)C(C3NCC4CCCCN43)C2)CC1C(F)(F)F)CC(C)CC. The minimum atomic E-state index is -4.16. The zero-order chi connectivity index (χ0) is 30.3. The lowest BCUT2D eigenvalue weighted by molar-refractivity contribution is -0.201. The standard InChI is InChI=1S/C35H64F3N3O/c1-5-9-26(18-24(3)6-2)15-16-39-22-29-14-12-27(19-32(29)35(36,37)38)20-33(42)28-13-11-25(4)31(21-28)34-40-23-30-10-7-8-17-41(30)34/h24-34,39-40,42H,5-23H2,1-4H3. The van der Waals surface area contributed by atoms with Gasteiger partial charge in [0.05, 0.1) is 18.2 Å². The van der Waals surface area contributed by atoms with Gasteiger partial charge in [-0.2, -0.15) is 13.2 Å². The molecule has 2 heterocycles. The predicted octanol–water partition coefficient (Wildman–Crippen LogP) is 8.00. The number of piperidine rings is 1. The number of alkyl halides is 3. The Bertz CT molecular complexity index is 781. The topological polar surface area (TPSA) is 47.5 Å². The first kappa shape index (κ1) is 34.5. The van der Waals surface area contributed by atoms with Gasteiger partial charge in [-0.05, 0) is 125 Å². The molecule has 2 aliphatic heterocycles. The summed E-state index contributed by atoms with van der Waals surface area (Å²) in [5.74, 6) is 1.12. The van der Waals surface area contributed by atoms with Crippen LogP contribution in [0.25, 0.3) is 0 Å². The van der Waals surface area contributed by atoms with E-state index in [4.69, 9.17) is 0 Å². The van der Waals surface area contributed by atoms with Crippen molar-refractivity contribution in [1.29, 1.82) is 0 Å². The molecule has 4 nitrogen and oxygen atoms in total. The van der Waals surface area contributed by atoms with Crippen LogP contribution in [0.1, 0.15) is 124 Å². The predicted molar refractivity (Wildman–Crippen MR) is 167 cm³/mol. The molecule has 7 heteroatoms. The Hall–Kier alpha value is -0.370. The molecule has 246 valence electrons. The molecule has 4 rings (SSSR count). The minimum Gasteiger partial charge on any atom is -0.393 e. The van der Waals surface area contributed by atoms with E-state index >= 15 is 0 Å². The fourth-order valence-corrected chi connectivity index (χ4v) is 9.39. The van der Waals surface area contributed by atoms with Gasteiger partial charge in [0, 0.05) is 12.6 Å². The molecule has 0 spiro atoms. The van der Waals surface area contributed by atoms with Crippen LogP contribution >= 0.6 is 0 Å². The van der Waals surface area contributed by atoms with Crippen molar-refractivity contribution >= 4 is 0 Å². The van der Waals surface area contributed by atoms with E-state index in [-0.39, 0.29) is 24.2 Å². The minimum absolute atomic E-state index is 0.0266. The lowest BCUT2D eigenvalue weighted by Gasteiger charge is -2.44. The molecule has 4 fully saturated rings. The maximum absolute atomic E-state index is 14.3. The Kier molecular flexibility index (Phi) is 13.4. The second-order valence-electron chi connectivity index (χ2n) is 15.2. The van der Waals surface area contributed by atoms with Crippen molar-refractivity contribution in [2.75, 3.05) is 26.2 Å². The third kappa shape index (κ3) is 9.33. The second kappa shape index (κ2) is 16.3. The summed E-state index contributed by atoms with van der Waals surface area (Å²) < 4.78 is 42.8. The third-order valence-corrected chi connectivity index (χ3v) is 12.2. The van der Waals surface area contributed by atoms with E-state index in [0.717, 1.165) is 45.2 Å². The van der Waals surface area contributed by atoms with E-state index in [1.54, 1.807) is 0 Å². The van der Waals surface area contributed by atoms with Gasteiger partial charge in [-0.1, -0.05) is 59.8 Å². The molecule has 0 radical (unpaired) electrons. The summed E-state index contributed by atoms with van der Waals surface area (Å²) in [7, 11) is 0. The lowest BCUT2D eigenvalue weighted by Crippen LogP contribution is -2.50. The van der Waals surface area contributed by atoms with Crippen molar-refractivity contribution < 1.29 is 18.3 Å². The highest BCUT2D eigenvalue weighted by Crippen LogP contribution is 2.46. The summed E-state index contributed by atoms with van der Waals surface area (Å²) in [6.45, 7) is 12.7. The van der Waals surface area contributed by atoms with Crippen molar-refractivity contribution in [1.82, 2.24) is 15.5 Å². The van der Waals surface area contributed by atoms with Gasteiger partial charge in [-0.25, -0.2) is 0 Å². The van der Waals surface area contributed by atoms with Crippen LogP contribution < -0.4 is 10.6 Å². The number of aliphatic hydroxyl groups excluding tert-OH is 1. The zero-order valence-electron chi connectivity index (χ0n) is 27.3. The van der Waals surface area contributed by atoms with Gasteiger partial charge in [-0.15, -0.1) is 0 Å². The van der Waals surface area contributed by atoms with Gasteiger partial charge < -0.3 is 10.4 Å². The van der Waals surface area contributed by atoms with Crippen LogP contribution in [0.4, 0.5) is 13.2 Å². The molecule has 0 aromatic heterocycles. The lowest BCUT2D eigenvalue weighted by atomic mass is 9.68. The summed E-state index contributed by atoms with van der Waals surface area (Å²) in [6, 6.07) is 0.660. The number of hydrogen-bond donors (Lipinski definition) is 3. The van der Waals surface area contributed by atoms with Gasteiger partial charge in [0.1, 0.15) is 0 Å². The van der Waals surface area contributed by atoms with Gasteiger partial charge in [0.25, 0.3) is 0 Å². The van der Waals surface area contributed by atoms with E-state index < -0.39 is 18.2 Å². The second-order valence-corrected chi connectivity index (χ2v) is 15.2. The highest BCUT2D eigenvalue weighted by molar-refractivity contribution is 4.97. The van der Waals surface area contributed by atoms with Gasteiger partial charge in [-0.3, -0.25) is 10.2 Å². The van der Waals surface area contributed by atoms with E-state index in [9.17, 15) is 18.3 Å². The number of aliphatic hydroxyl groups is 1. The molecule has 11 atom stereocenters. The van der Waals surface area contributed by atoms with Gasteiger partial charge >= 0.3 is 6.18 Å². The number of hydrogen-bond acceptors (Lipinski definition) is 4. The molecule has 2 saturated heterocycles. The number of fused-ring (bicyclic) bond motifs is 1. The summed E-state index contributed by atoms with van der Waals surface area (Å²) in [4.78, 5) is 2.69. The Morgan fingerprint density at radius 1 is 1.02 bits per heavy atom. The average Bonchev–Trinajstić information content (AvgIpc) is 3.39. The van der Waals surface area contributed by atoms with E-state index in [2.05, 4.69) is 43.2 Å². The molecule has 2 saturated carbocycles. The molecule has 3 N–H and O–H groups in total. The van der Waals surface area contributed by atoms with Crippen LogP contribution in [0, 0.1) is 47.3 Å². The fraction of sp³-hybridized carbons (Fsp3) is 1.00. The third-order valence-electron chi connectivity index (χ3n) is 12.2. The maximum Gasteiger partial charge on any atom is 0.392 e. The summed E-state index contributed by atoms with van der Waals surface area (Å²) in [5.41, 5.74) is 0. The Morgan fingerprint density at radius 3 is 2.57 bits per heavy atom. The maximum atomic E-state index is 14.3. The van der Waals surface area contributed by atoms with E-state index in [1.165, 1.54) is 51.5 Å². The summed E-state index contributed by atoms with van der Waals surface area (Å²) in [6.07, 6.45) is 10.8. The monoisotopic (exact) mass is 600 g/mol. The first-order chi connectivity index (χ1) is 20.1. The van der Waals surface area contributed by atoms with Crippen LogP contribution in [0.2, 0.25) is 0 Å². The molecular weight excluding hydrogens is 535 g/mol. The number of nitrogens with one attached hydrogen (secondary N) is 2. The van der Waals surface area contributed by atoms with E-state index in [1.807, 2.05) is 0 Å². The number of halogens is 3. The molecule has 11 unspecified atom stereocenters. The molecule has 0 aromatic carbocycles. The molecule has 42 heavy (non-hydrogen) atoms. The normalized spacial score (nSPS) is 36.9. The Morgan fingerprint density at radius 2 is 1.83 bits per heavy atom. The molecule has 4 aliphatic rings. The quantitative estimate of drug-likeness (QED) is 0.177. The zero-order valence-corrected chi connectivity index (χ0v) is 27.3. The fourth-order valence-electron chi connectivity index (χ4n) is 9.39. The molecule has 2 aliphatic carbocycles. The smallest absolute Gasteiger partial charge is 0.392 e. The largest absolute Gasteiger partial charge is 0.393 e. The Balaban J connectivity index is 1.25. The summed E-state index contributed by atoms with van der Waals surface area (Å²) >= 11 is 0. The molecule has 0 aromatic rings.